The predicted octanol–water partition coefficient (Wildman–Crippen LogP) is 4.10. The van der Waals surface area contributed by atoms with Crippen molar-refractivity contribution in [2.75, 3.05) is 19.7 Å². The first kappa shape index (κ1) is 16.6. The third-order valence-corrected chi connectivity index (χ3v) is 6.69. The van der Waals surface area contributed by atoms with Gasteiger partial charge in [-0.25, -0.2) is 4.79 Å². The molecule has 0 N–H and O–H groups in total. The Hall–Kier alpha value is -1.88. The van der Waals surface area contributed by atoms with Gasteiger partial charge in [0.2, 0.25) is 0 Å². The van der Waals surface area contributed by atoms with Gasteiger partial charge in [0.25, 0.3) is 5.91 Å². The summed E-state index contributed by atoms with van der Waals surface area (Å²) < 4.78 is 6.34. The first-order valence-corrected chi connectivity index (χ1v) is 9.96. The van der Waals surface area contributed by atoms with E-state index in [9.17, 15) is 9.59 Å². The molecule has 1 aromatic heterocycles. The highest BCUT2D eigenvalue weighted by Crippen LogP contribution is 2.36. The average Bonchev–Trinajstić information content (AvgIpc) is 3.09. The minimum atomic E-state index is -0.401. The molecule has 1 amide bonds. The van der Waals surface area contributed by atoms with Gasteiger partial charge in [-0.05, 0) is 42.2 Å². The number of carbonyl (C=O) groups is 2. The van der Waals surface area contributed by atoms with E-state index in [0.29, 0.717) is 10.8 Å². The first-order chi connectivity index (χ1) is 12.2. The topological polar surface area (TPSA) is 46.6 Å². The predicted molar refractivity (Wildman–Crippen MR) is 98.8 cm³/mol. The van der Waals surface area contributed by atoms with E-state index in [2.05, 4.69) is 0 Å². The Morgan fingerprint density at radius 1 is 1.12 bits per heavy atom. The number of hydrogen-bond donors (Lipinski definition) is 0. The van der Waals surface area contributed by atoms with E-state index < -0.39 is 5.97 Å². The molecule has 1 aliphatic carbocycles. The van der Waals surface area contributed by atoms with Crippen LogP contribution in [0.1, 0.15) is 41.8 Å². The quantitative estimate of drug-likeness (QED) is 0.777. The number of likely N-dealkylation sites (tertiary alicyclic amines) is 1. The number of carbonyl (C=O) groups excluding carboxylic acids is 2. The number of ether oxygens (including phenoxy) is 1. The summed E-state index contributed by atoms with van der Waals surface area (Å²) in [5.41, 5.74) is 0. The maximum Gasteiger partial charge on any atom is 0.348 e. The van der Waals surface area contributed by atoms with Crippen molar-refractivity contribution in [3.8, 4) is 0 Å². The second kappa shape index (κ2) is 7.16. The highest BCUT2D eigenvalue weighted by molar-refractivity contribution is 7.20. The van der Waals surface area contributed by atoms with Gasteiger partial charge >= 0.3 is 5.97 Å². The van der Waals surface area contributed by atoms with E-state index in [4.69, 9.17) is 4.74 Å². The second-order valence-electron chi connectivity index (χ2n) is 7.16. The van der Waals surface area contributed by atoms with Crippen LogP contribution in [0.2, 0.25) is 0 Å². The summed E-state index contributed by atoms with van der Waals surface area (Å²) in [6.07, 6.45) is 6.26. The molecule has 0 radical (unpaired) electrons. The van der Waals surface area contributed by atoms with Crippen LogP contribution >= 0.6 is 11.3 Å². The molecular weight excluding hydrogens is 334 g/mol. The van der Waals surface area contributed by atoms with Gasteiger partial charge in [-0.1, -0.05) is 37.5 Å². The second-order valence-corrected chi connectivity index (χ2v) is 8.24. The standard InChI is InChI=1S/C20H23NO3S/c22-19(21-10-9-14-5-1-2-7-16(14)12-21)13-24-20(23)18-11-15-6-3-4-8-17(15)25-18/h3-4,6,8,11,14,16H,1-2,5,7,9-10,12-13H2/t14-,16+/m1/s1. The van der Waals surface area contributed by atoms with E-state index >= 15 is 0 Å². The fourth-order valence-electron chi connectivity index (χ4n) is 4.20. The van der Waals surface area contributed by atoms with Gasteiger partial charge in [-0.3, -0.25) is 4.79 Å². The highest BCUT2D eigenvalue weighted by Gasteiger charge is 2.33. The van der Waals surface area contributed by atoms with Gasteiger partial charge in [-0.2, -0.15) is 0 Å². The monoisotopic (exact) mass is 357 g/mol. The van der Waals surface area contributed by atoms with Crippen molar-refractivity contribution in [3.05, 3.63) is 35.2 Å². The molecule has 1 saturated heterocycles. The molecule has 1 aromatic carbocycles. The Bertz CT molecular complexity index is 751. The summed E-state index contributed by atoms with van der Waals surface area (Å²) >= 11 is 1.41. The van der Waals surface area contributed by atoms with E-state index in [1.54, 1.807) is 0 Å². The molecule has 2 fully saturated rings. The van der Waals surface area contributed by atoms with Crippen molar-refractivity contribution in [3.63, 3.8) is 0 Å². The van der Waals surface area contributed by atoms with Crippen LogP contribution in [0, 0.1) is 11.8 Å². The summed E-state index contributed by atoms with van der Waals surface area (Å²) in [4.78, 5) is 27.1. The lowest BCUT2D eigenvalue weighted by atomic mass is 9.75. The van der Waals surface area contributed by atoms with E-state index in [-0.39, 0.29) is 12.5 Å². The molecule has 1 aliphatic heterocycles. The van der Waals surface area contributed by atoms with Gasteiger partial charge in [0.15, 0.2) is 6.61 Å². The minimum Gasteiger partial charge on any atom is -0.451 e. The number of hydrogen-bond acceptors (Lipinski definition) is 4. The molecule has 4 nitrogen and oxygen atoms in total. The number of esters is 1. The summed E-state index contributed by atoms with van der Waals surface area (Å²) in [5, 5.41) is 1.03. The maximum atomic E-state index is 12.4. The molecule has 132 valence electrons. The van der Waals surface area contributed by atoms with Crippen LogP contribution in [-0.4, -0.2) is 36.5 Å². The summed E-state index contributed by atoms with van der Waals surface area (Å²) in [6, 6.07) is 9.69. The summed E-state index contributed by atoms with van der Waals surface area (Å²) in [5.74, 6) is 0.976. The largest absolute Gasteiger partial charge is 0.451 e. The van der Waals surface area contributed by atoms with Gasteiger partial charge < -0.3 is 9.64 Å². The molecule has 1 saturated carbocycles. The lowest BCUT2D eigenvalue weighted by Gasteiger charge is -2.41. The van der Waals surface area contributed by atoms with Gasteiger partial charge in [0, 0.05) is 17.8 Å². The molecule has 5 heteroatoms. The smallest absolute Gasteiger partial charge is 0.348 e. The van der Waals surface area contributed by atoms with Crippen LogP contribution < -0.4 is 0 Å². The van der Waals surface area contributed by atoms with Crippen molar-refractivity contribution >= 4 is 33.3 Å². The highest BCUT2D eigenvalue weighted by atomic mass is 32.1. The van der Waals surface area contributed by atoms with Crippen molar-refractivity contribution in [2.45, 2.75) is 32.1 Å². The lowest BCUT2D eigenvalue weighted by molar-refractivity contribution is -0.137. The van der Waals surface area contributed by atoms with Crippen molar-refractivity contribution in [1.82, 2.24) is 4.90 Å². The molecule has 2 heterocycles. The zero-order chi connectivity index (χ0) is 17.2. The molecule has 0 spiro atoms. The summed E-state index contributed by atoms with van der Waals surface area (Å²) in [7, 11) is 0. The van der Waals surface area contributed by atoms with Crippen LogP contribution in [0.3, 0.4) is 0 Å². The third kappa shape index (κ3) is 3.56. The normalized spacial score (nSPS) is 23.3. The van der Waals surface area contributed by atoms with E-state index in [1.165, 1.54) is 37.0 Å². The van der Waals surface area contributed by atoms with Crippen LogP contribution in [-0.2, 0) is 9.53 Å². The zero-order valence-corrected chi connectivity index (χ0v) is 15.1. The molecule has 2 atom stereocenters. The Morgan fingerprint density at radius 3 is 2.76 bits per heavy atom. The van der Waals surface area contributed by atoms with Crippen LogP contribution in [0.4, 0.5) is 0 Å². The molecule has 25 heavy (non-hydrogen) atoms. The molecule has 2 aliphatic rings. The number of amides is 1. The molecule has 0 bridgehead atoms. The number of rotatable bonds is 3. The fourth-order valence-corrected chi connectivity index (χ4v) is 5.16. The average molecular weight is 357 g/mol. The number of fused-ring (bicyclic) bond motifs is 2. The van der Waals surface area contributed by atoms with Gasteiger partial charge in [0.1, 0.15) is 4.88 Å². The van der Waals surface area contributed by atoms with Gasteiger partial charge in [0.05, 0.1) is 0 Å². The molecule has 2 aromatic rings. The Balaban J connectivity index is 1.33. The fraction of sp³-hybridized carbons (Fsp3) is 0.500. The van der Waals surface area contributed by atoms with E-state index in [1.807, 2.05) is 35.2 Å². The minimum absolute atomic E-state index is 0.0570. The van der Waals surface area contributed by atoms with E-state index in [0.717, 1.165) is 35.5 Å². The molecule has 4 rings (SSSR count). The van der Waals surface area contributed by atoms with Crippen molar-refractivity contribution in [2.24, 2.45) is 11.8 Å². The van der Waals surface area contributed by atoms with Crippen LogP contribution in [0.5, 0.6) is 0 Å². The Kier molecular flexibility index (Phi) is 4.75. The SMILES string of the molecule is O=C(OCC(=O)N1CC[C@H]2CCCC[C@H]2C1)c1cc2ccccc2s1. The number of nitrogens with zero attached hydrogens (tertiary/aromatic N) is 1. The summed E-state index contributed by atoms with van der Waals surface area (Å²) in [6.45, 7) is 1.49. The zero-order valence-electron chi connectivity index (χ0n) is 14.3. The lowest BCUT2D eigenvalue weighted by Crippen LogP contribution is -2.46. The van der Waals surface area contributed by atoms with Crippen LogP contribution in [0.25, 0.3) is 10.1 Å². The maximum absolute atomic E-state index is 12.4. The van der Waals surface area contributed by atoms with Crippen molar-refractivity contribution < 1.29 is 14.3 Å². The Morgan fingerprint density at radius 2 is 1.92 bits per heavy atom. The molecular formula is C20H23NO3S. The number of benzene rings is 1. The first-order valence-electron chi connectivity index (χ1n) is 9.14. The van der Waals surface area contributed by atoms with Crippen molar-refractivity contribution in [1.29, 1.82) is 0 Å². The Labute approximate surface area is 151 Å². The van der Waals surface area contributed by atoms with Crippen LogP contribution in [0.15, 0.2) is 30.3 Å². The number of thiophene rings is 1. The van der Waals surface area contributed by atoms with Gasteiger partial charge in [-0.15, -0.1) is 11.3 Å². The molecule has 0 unspecified atom stereocenters. The number of piperidine rings is 1. The third-order valence-electron chi connectivity index (χ3n) is 5.60.